The highest BCUT2D eigenvalue weighted by molar-refractivity contribution is 6.31. The van der Waals surface area contributed by atoms with Gasteiger partial charge in [0.15, 0.2) is 0 Å². The van der Waals surface area contributed by atoms with E-state index in [0.717, 1.165) is 37.5 Å². The smallest absolute Gasteiger partial charge is 0.0451 e. The Morgan fingerprint density at radius 3 is 2.50 bits per heavy atom. The van der Waals surface area contributed by atoms with E-state index in [1.165, 1.54) is 5.56 Å². The van der Waals surface area contributed by atoms with Gasteiger partial charge in [0.25, 0.3) is 0 Å². The third-order valence-electron chi connectivity index (χ3n) is 2.98. The first-order valence-electron chi connectivity index (χ1n) is 5.47. The molecule has 2 N–H and O–H groups in total. The molecule has 0 aromatic heterocycles. The van der Waals surface area contributed by atoms with Gasteiger partial charge >= 0.3 is 0 Å². The van der Waals surface area contributed by atoms with Crippen molar-refractivity contribution in [3.63, 3.8) is 0 Å². The van der Waals surface area contributed by atoms with Gasteiger partial charge in [-0.1, -0.05) is 37.2 Å². The van der Waals surface area contributed by atoms with Gasteiger partial charge in [-0.15, -0.1) is 0 Å². The summed E-state index contributed by atoms with van der Waals surface area (Å²) in [5.41, 5.74) is 7.08. The molecule has 0 spiro atoms. The lowest BCUT2D eigenvalue weighted by Gasteiger charge is -2.30. The van der Waals surface area contributed by atoms with Crippen LogP contribution in [0.5, 0.6) is 0 Å². The van der Waals surface area contributed by atoms with Crippen LogP contribution in [0.3, 0.4) is 0 Å². The molecule has 2 rings (SSSR count). The number of piperidine rings is 1. The minimum Gasteiger partial charge on any atom is -0.328 e. The topological polar surface area (TPSA) is 29.3 Å². The molecule has 0 amide bonds. The number of halogens is 1. The van der Waals surface area contributed by atoms with Gasteiger partial charge in [-0.25, -0.2) is 0 Å². The summed E-state index contributed by atoms with van der Waals surface area (Å²) in [4.78, 5) is 2.42. The molecule has 2 nitrogen and oxygen atoms in total. The second kappa shape index (κ2) is 6.24. The zero-order valence-electron chi connectivity index (χ0n) is 8.82. The molecule has 1 saturated heterocycles. The second-order valence-corrected chi connectivity index (χ2v) is 4.61. The van der Waals surface area contributed by atoms with Gasteiger partial charge in [0.2, 0.25) is 0 Å². The van der Waals surface area contributed by atoms with Crippen molar-refractivity contribution in [1.82, 2.24) is 4.90 Å². The third kappa shape index (κ3) is 3.48. The maximum atomic E-state index is 6.12. The molecule has 0 radical (unpaired) electrons. The van der Waals surface area contributed by atoms with Crippen LogP contribution in [-0.2, 0) is 6.54 Å². The number of hydrogen-bond donors (Lipinski definition) is 1. The van der Waals surface area contributed by atoms with Gasteiger partial charge in [-0.05, 0) is 37.6 Å². The highest BCUT2D eigenvalue weighted by atomic mass is 35.5. The van der Waals surface area contributed by atoms with E-state index < -0.39 is 0 Å². The molecule has 90 valence electrons. The summed E-state index contributed by atoms with van der Waals surface area (Å²) >= 11 is 6.12. The van der Waals surface area contributed by atoms with Crippen LogP contribution >= 0.6 is 11.6 Å². The summed E-state index contributed by atoms with van der Waals surface area (Å²) < 4.78 is 0. The lowest BCUT2D eigenvalue weighted by atomic mass is 10.1. The Kier molecular flexibility index (Phi) is 5.26. The number of rotatable bonds is 2. The summed E-state index contributed by atoms with van der Waals surface area (Å²) in [6, 6.07) is 8.45. The Morgan fingerprint density at radius 1 is 1.25 bits per heavy atom. The fourth-order valence-corrected chi connectivity index (χ4v) is 2.17. The molecular weight excluding hydrogens is 220 g/mol. The maximum Gasteiger partial charge on any atom is 0.0451 e. The van der Waals surface area contributed by atoms with Crippen molar-refractivity contribution in [2.45, 2.75) is 32.9 Å². The molecule has 0 saturated carbocycles. The number of benzene rings is 1. The molecule has 0 aliphatic carbocycles. The summed E-state index contributed by atoms with van der Waals surface area (Å²) in [5, 5.41) is 0.868. The van der Waals surface area contributed by atoms with Crippen molar-refractivity contribution in [3.8, 4) is 0 Å². The van der Waals surface area contributed by atoms with Gasteiger partial charge in [0, 0.05) is 17.6 Å². The first kappa shape index (κ1) is 13.5. The van der Waals surface area contributed by atoms with E-state index in [2.05, 4.69) is 11.0 Å². The SMILES string of the molecule is C.NC1CCN(Cc2ccccc2Cl)CC1. The predicted molar refractivity (Wildman–Crippen MR) is 70.7 cm³/mol. The van der Waals surface area contributed by atoms with Gasteiger partial charge in [0.05, 0.1) is 0 Å². The Bertz CT molecular complexity index is 319. The van der Waals surface area contributed by atoms with E-state index in [-0.39, 0.29) is 7.43 Å². The van der Waals surface area contributed by atoms with Crippen molar-refractivity contribution in [2.24, 2.45) is 5.73 Å². The van der Waals surface area contributed by atoms with Crippen molar-refractivity contribution in [2.75, 3.05) is 13.1 Å². The maximum absolute atomic E-state index is 6.12. The molecule has 16 heavy (non-hydrogen) atoms. The monoisotopic (exact) mass is 240 g/mol. The van der Waals surface area contributed by atoms with Crippen LogP contribution in [0.15, 0.2) is 24.3 Å². The summed E-state index contributed by atoms with van der Waals surface area (Å²) in [6.45, 7) is 3.13. The van der Waals surface area contributed by atoms with Gasteiger partial charge in [-0.2, -0.15) is 0 Å². The van der Waals surface area contributed by atoms with E-state index in [1.54, 1.807) is 0 Å². The Morgan fingerprint density at radius 2 is 1.88 bits per heavy atom. The lowest BCUT2D eigenvalue weighted by molar-refractivity contribution is 0.205. The molecule has 1 aromatic rings. The summed E-state index contributed by atoms with van der Waals surface area (Å²) in [7, 11) is 0. The molecule has 0 unspecified atom stereocenters. The van der Waals surface area contributed by atoms with E-state index in [9.17, 15) is 0 Å². The van der Waals surface area contributed by atoms with Crippen molar-refractivity contribution in [1.29, 1.82) is 0 Å². The highest BCUT2D eigenvalue weighted by Crippen LogP contribution is 2.19. The van der Waals surface area contributed by atoms with Crippen molar-refractivity contribution < 1.29 is 0 Å². The van der Waals surface area contributed by atoms with Crippen LogP contribution in [0.4, 0.5) is 0 Å². The Hall–Kier alpha value is -0.570. The van der Waals surface area contributed by atoms with Crippen LogP contribution in [0.25, 0.3) is 0 Å². The first-order valence-corrected chi connectivity index (χ1v) is 5.85. The van der Waals surface area contributed by atoms with Crippen LogP contribution in [0.2, 0.25) is 5.02 Å². The standard InChI is InChI=1S/C12H17ClN2.CH4/c13-12-4-2-1-3-10(12)9-15-7-5-11(14)6-8-15;/h1-4,11H,5-9,14H2;1H4. The molecule has 3 heteroatoms. The van der Waals surface area contributed by atoms with Gasteiger partial charge in [0.1, 0.15) is 0 Å². The largest absolute Gasteiger partial charge is 0.328 e. The average molecular weight is 241 g/mol. The molecule has 1 aliphatic heterocycles. The minimum absolute atomic E-state index is 0. The van der Waals surface area contributed by atoms with Gasteiger partial charge in [-0.3, -0.25) is 4.90 Å². The molecular formula is C13H21ClN2. The third-order valence-corrected chi connectivity index (χ3v) is 3.35. The average Bonchev–Trinajstić information content (AvgIpc) is 2.25. The molecule has 0 bridgehead atoms. The van der Waals surface area contributed by atoms with Crippen LogP contribution in [0, 0.1) is 0 Å². The minimum atomic E-state index is 0. The predicted octanol–water partition coefficient (Wildman–Crippen LogP) is 2.90. The molecule has 0 atom stereocenters. The van der Waals surface area contributed by atoms with Gasteiger partial charge < -0.3 is 5.73 Å². The highest BCUT2D eigenvalue weighted by Gasteiger charge is 2.16. The summed E-state index contributed by atoms with van der Waals surface area (Å²) in [5.74, 6) is 0. The quantitative estimate of drug-likeness (QED) is 0.862. The van der Waals surface area contributed by atoms with E-state index >= 15 is 0 Å². The number of likely N-dealkylation sites (tertiary alicyclic amines) is 1. The zero-order chi connectivity index (χ0) is 10.7. The van der Waals surface area contributed by atoms with E-state index in [1.807, 2.05) is 18.2 Å². The normalized spacial score (nSPS) is 18.1. The Labute approximate surface area is 103 Å². The second-order valence-electron chi connectivity index (χ2n) is 4.20. The number of hydrogen-bond acceptors (Lipinski definition) is 2. The van der Waals surface area contributed by atoms with Crippen molar-refractivity contribution >= 4 is 11.6 Å². The summed E-state index contributed by atoms with van der Waals surface area (Å²) in [6.07, 6.45) is 2.20. The van der Waals surface area contributed by atoms with Crippen LogP contribution in [-0.4, -0.2) is 24.0 Å². The lowest BCUT2D eigenvalue weighted by Crippen LogP contribution is -2.39. The van der Waals surface area contributed by atoms with E-state index in [0.29, 0.717) is 6.04 Å². The Balaban J connectivity index is 0.00000128. The molecule has 1 aliphatic rings. The molecule has 1 heterocycles. The van der Waals surface area contributed by atoms with E-state index in [4.69, 9.17) is 17.3 Å². The first-order chi connectivity index (χ1) is 7.25. The van der Waals surface area contributed by atoms with Crippen molar-refractivity contribution in [3.05, 3.63) is 34.9 Å². The van der Waals surface area contributed by atoms with Crippen LogP contribution < -0.4 is 5.73 Å². The zero-order valence-corrected chi connectivity index (χ0v) is 9.58. The molecule has 1 aromatic carbocycles. The number of nitrogens with two attached hydrogens (primary N) is 1. The van der Waals surface area contributed by atoms with Crippen LogP contribution in [0.1, 0.15) is 25.8 Å². The fourth-order valence-electron chi connectivity index (χ4n) is 1.98. The fraction of sp³-hybridized carbons (Fsp3) is 0.538. The number of nitrogens with zero attached hydrogens (tertiary/aromatic N) is 1. The molecule has 1 fully saturated rings.